The number of carbonyl (C=O) groups is 3. The minimum atomic E-state index is -3.83. The van der Waals surface area contributed by atoms with Crippen LogP contribution < -0.4 is 19.2 Å². The predicted octanol–water partition coefficient (Wildman–Crippen LogP) is 13.4. The van der Waals surface area contributed by atoms with Crippen molar-refractivity contribution < 1.29 is 63.8 Å². The lowest BCUT2D eigenvalue weighted by atomic mass is 9.97. The number of nitrogens with one attached hydrogen (secondary N) is 2. The van der Waals surface area contributed by atoms with Crippen LogP contribution in [0.4, 0.5) is 25.0 Å². The maximum absolute atomic E-state index is 13.9. The maximum Gasteiger partial charge on any atom is 0.419 e. The molecule has 0 unspecified atom stereocenters. The maximum atomic E-state index is 13.9. The Hall–Kier alpha value is -10.3. The summed E-state index contributed by atoms with van der Waals surface area (Å²) in [6, 6.07) is 40.3. The van der Waals surface area contributed by atoms with Crippen LogP contribution in [0.2, 0.25) is 0 Å². The Morgan fingerprint density at radius 1 is 0.608 bits per heavy atom. The van der Waals surface area contributed by atoms with Crippen molar-refractivity contribution >= 4 is 93.3 Å². The van der Waals surface area contributed by atoms with Gasteiger partial charge < -0.3 is 34.4 Å². The number of aryl methyl sites for hydroxylation is 1. The highest BCUT2D eigenvalue weighted by molar-refractivity contribution is 7.92. The first kappa shape index (κ1) is 68.1. The van der Waals surface area contributed by atoms with Crippen LogP contribution in [0.1, 0.15) is 81.9 Å². The van der Waals surface area contributed by atoms with E-state index in [1.807, 2.05) is 49.4 Å². The molecule has 6 aromatic carbocycles. The molecule has 5 heterocycles. The highest BCUT2D eigenvalue weighted by Crippen LogP contribution is 2.46. The van der Waals surface area contributed by atoms with Crippen LogP contribution in [0.25, 0.3) is 101 Å². The van der Waals surface area contributed by atoms with Gasteiger partial charge in [0.2, 0.25) is 20.0 Å². The second kappa shape index (κ2) is 26.7. The zero-order valence-corrected chi connectivity index (χ0v) is 56.8. The van der Waals surface area contributed by atoms with E-state index < -0.39 is 55.2 Å². The molecule has 5 aromatic heterocycles. The first-order chi connectivity index (χ1) is 46.0. The number of hydrogen-bond acceptors (Lipinski definition) is 14. The van der Waals surface area contributed by atoms with Crippen molar-refractivity contribution in [3.05, 3.63) is 202 Å². The van der Waals surface area contributed by atoms with Crippen molar-refractivity contribution in [2.45, 2.75) is 59.5 Å². The van der Waals surface area contributed by atoms with Crippen molar-refractivity contribution in [2.75, 3.05) is 62.5 Å². The molecule has 0 saturated heterocycles. The molecular weight excluding hydrogens is 1280 g/mol. The van der Waals surface area contributed by atoms with E-state index in [0.29, 0.717) is 85.4 Å². The predicted molar refractivity (Wildman–Crippen MR) is 374 cm³/mol. The Labute approximate surface area is 559 Å². The first-order valence-electron chi connectivity index (χ1n) is 30.9. The van der Waals surface area contributed by atoms with E-state index in [9.17, 15) is 50.2 Å². The van der Waals surface area contributed by atoms with E-state index in [0.717, 1.165) is 60.0 Å². The number of pyridine rings is 2. The Morgan fingerprint density at radius 2 is 1.06 bits per heavy atom. The van der Waals surface area contributed by atoms with Gasteiger partial charge in [0, 0.05) is 98.4 Å². The third kappa shape index (κ3) is 13.3. The molecule has 0 spiro atoms. The fourth-order valence-corrected chi connectivity index (χ4v) is 13.2. The number of amides is 2. The molecule has 500 valence electrons. The molecule has 19 nitrogen and oxygen atoms in total. The Kier molecular flexibility index (Phi) is 18.7. The molecule has 4 N–H and O–H groups in total. The smallest absolute Gasteiger partial charge is 0.419 e. The van der Waals surface area contributed by atoms with Crippen LogP contribution in [0, 0.1) is 18.6 Å². The average Bonchev–Trinajstić information content (AvgIpc) is 1.66. The van der Waals surface area contributed by atoms with Crippen molar-refractivity contribution in [2.24, 2.45) is 0 Å². The second-order valence-corrected chi connectivity index (χ2v) is 28.6. The summed E-state index contributed by atoms with van der Waals surface area (Å²) < 4.78 is 101. The summed E-state index contributed by atoms with van der Waals surface area (Å²) in [5.74, 6) is -1.39. The summed E-state index contributed by atoms with van der Waals surface area (Å²) in [6.45, 7) is 9.01. The number of fused-ring (bicyclic) bond motifs is 4. The third-order valence-electron chi connectivity index (χ3n) is 17.1. The largest absolute Gasteiger partial charge is 0.455 e. The SMILES string of the molecule is CNC(=O)c1c(-c2ccc(F)cc2)oc2cc(N(C)S(C)(=O)=O)c(-c3ccc(CCO)c(-c4c(C)c5ccccc5n4C(=O)OC(C)(C)C)n3)cc12.CNC(=O)c1c(-c2ccc(F)cc2)oc2cc(N(C)S(C)(=O)=O)c(-c3ccc(CCO)c(C4=C(C)c5ccccc5C4)n3)cc12. The van der Waals surface area contributed by atoms with E-state index in [2.05, 4.69) is 29.7 Å². The van der Waals surface area contributed by atoms with Crippen LogP contribution in [0.3, 0.4) is 0 Å². The molecule has 23 heteroatoms. The molecule has 0 radical (unpaired) electrons. The molecule has 0 fully saturated rings. The number of sulfonamides is 2. The topological polar surface area (TPSA) is 257 Å². The quantitative estimate of drug-likeness (QED) is 0.0702. The molecule has 0 saturated carbocycles. The lowest BCUT2D eigenvalue weighted by Gasteiger charge is -2.22. The highest BCUT2D eigenvalue weighted by atomic mass is 32.2. The van der Waals surface area contributed by atoms with Gasteiger partial charge in [-0.05, 0) is 165 Å². The number of para-hydroxylation sites is 1. The third-order valence-corrected chi connectivity index (χ3v) is 19.5. The molecular formula is C74H71F2N7O12S2. The normalized spacial score (nSPS) is 12.4. The number of allylic oxidation sites excluding steroid dienone is 2. The number of carbonyl (C=O) groups excluding carboxylic acids is 3. The zero-order chi connectivity index (χ0) is 69.7. The summed E-state index contributed by atoms with van der Waals surface area (Å²) in [4.78, 5) is 50.8. The number of aliphatic hydroxyl groups is 2. The van der Waals surface area contributed by atoms with Crippen LogP contribution in [-0.4, -0.2) is 119 Å². The number of rotatable bonds is 16. The molecule has 11 aromatic rings. The number of benzene rings is 6. The van der Waals surface area contributed by atoms with Crippen LogP contribution in [0.5, 0.6) is 0 Å². The van der Waals surface area contributed by atoms with Gasteiger partial charge >= 0.3 is 6.09 Å². The van der Waals surface area contributed by atoms with Crippen LogP contribution in [0.15, 0.2) is 154 Å². The number of aromatic nitrogens is 3. The average molecular weight is 1350 g/mol. The van der Waals surface area contributed by atoms with Gasteiger partial charge in [0.25, 0.3) is 11.8 Å². The summed E-state index contributed by atoms with van der Waals surface area (Å²) in [7, 11) is -1.73. The van der Waals surface area contributed by atoms with Gasteiger partial charge in [0.1, 0.15) is 39.9 Å². The first-order valence-corrected chi connectivity index (χ1v) is 34.6. The Balaban J connectivity index is 0.000000199. The van der Waals surface area contributed by atoms with E-state index >= 15 is 0 Å². The van der Waals surface area contributed by atoms with Crippen LogP contribution in [-0.2, 0) is 44.0 Å². The zero-order valence-electron chi connectivity index (χ0n) is 55.2. The number of aliphatic hydroxyl groups excluding tert-OH is 2. The minimum absolute atomic E-state index is 0.0575. The fourth-order valence-electron chi connectivity index (χ4n) is 12.2. The van der Waals surface area contributed by atoms with Gasteiger partial charge in [-0.3, -0.25) is 18.2 Å². The van der Waals surface area contributed by atoms with Crippen LogP contribution >= 0.6 is 0 Å². The highest BCUT2D eigenvalue weighted by Gasteiger charge is 2.32. The van der Waals surface area contributed by atoms with E-state index in [-0.39, 0.29) is 59.1 Å². The fraction of sp³-hybridized carbons (Fsp3) is 0.230. The number of nitrogens with zero attached hydrogens (tertiary/aromatic N) is 5. The lowest BCUT2D eigenvalue weighted by molar-refractivity contribution is 0.0546. The van der Waals surface area contributed by atoms with Gasteiger partial charge in [-0.15, -0.1) is 0 Å². The summed E-state index contributed by atoms with van der Waals surface area (Å²) in [6.07, 6.45) is 2.83. The van der Waals surface area contributed by atoms with E-state index in [1.54, 1.807) is 57.2 Å². The lowest BCUT2D eigenvalue weighted by Crippen LogP contribution is -2.27. The molecule has 0 atom stereocenters. The monoisotopic (exact) mass is 1350 g/mol. The summed E-state index contributed by atoms with van der Waals surface area (Å²) in [5.41, 5.74) is 12.0. The molecule has 12 rings (SSSR count). The van der Waals surface area contributed by atoms with E-state index in [4.69, 9.17) is 23.5 Å². The number of halogens is 2. The van der Waals surface area contributed by atoms with Crippen molar-refractivity contribution in [1.82, 2.24) is 25.2 Å². The van der Waals surface area contributed by atoms with Crippen molar-refractivity contribution in [3.63, 3.8) is 0 Å². The van der Waals surface area contributed by atoms with Gasteiger partial charge in [-0.2, -0.15) is 0 Å². The minimum Gasteiger partial charge on any atom is -0.455 e. The Bertz CT molecular complexity index is 5250. The molecule has 1 aliphatic carbocycles. The molecule has 1 aliphatic rings. The second-order valence-electron chi connectivity index (χ2n) is 24.6. The number of ether oxygens (including phenoxy) is 1. The molecule has 0 bridgehead atoms. The summed E-state index contributed by atoms with van der Waals surface area (Å²) >= 11 is 0. The number of anilines is 2. The molecule has 97 heavy (non-hydrogen) atoms. The van der Waals surface area contributed by atoms with Crippen molar-refractivity contribution in [3.8, 4) is 56.6 Å². The van der Waals surface area contributed by atoms with Gasteiger partial charge in [0.15, 0.2) is 0 Å². The molecule has 0 aliphatic heterocycles. The Morgan fingerprint density at radius 3 is 1.52 bits per heavy atom. The van der Waals surface area contributed by atoms with Gasteiger partial charge in [-0.25, -0.2) is 44.9 Å². The standard InChI is InChI=1S/C39H39FN4O7S.C35H32FN3O5S/c1-22-26-10-8-9-11-30(26)44(38(47)51-39(2,3)4)35(22)34-23(18-19-45)14-17-29(42-34)27-20-28-32(21-31(27)43(6)52(7,48)49)50-36(33(28)37(46)41-5)24-12-15-25(40)16-13-24;1-20-25-8-6-5-7-23(25)17-26(20)33-21(15-16-40)11-14-29(38-33)27-18-28-31(19-30(27)39(3)45(4,42)43)44-34(32(28)35(41)37-2)22-9-12-24(36)13-10-22/h8-17,20-21,45H,18-19H2,1-7H3,(H,41,46);5-14,18-19,40H,15-17H2,1-4H3,(H,37,41). The molecule has 2 amide bonds. The van der Waals surface area contributed by atoms with Gasteiger partial charge in [-0.1, -0.05) is 54.6 Å². The number of furan rings is 2. The summed E-state index contributed by atoms with van der Waals surface area (Å²) in [5, 5.41) is 26.9. The van der Waals surface area contributed by atoms with E-state index in [1.165, 1.54) is 92.9 Å². The van der Waals surface area contributed by atoms with Crippen molar-refractivity contribution in [1.29, 1.82) is 0 Å². The van der Waals surface area contributed by atoms with Gasteiger partial charge in [0.05, 0.1) is 69.0 Å². The number of hydrogen-bond donors (Lipinski definition) is 4.